The Kier molecular flexibility index (Phi) is 14.4. The van der Waals surface area contributed by atoms with E-state index < -0.39 is 0 Å². The second-order valence-electron chi connectivity index (χ2n) is 17.4. The summed E-state index contributed by atoms with van der Waals surface area (Å²) in [5.74, 6) is 0.412. The molecule has 0 aliphatic carbocycles. The highest BCUT2D eigenvalue weighted by molar-refractivity contribution is 6.26. The lowest BCUT2D eigenvalue weighted by atomic mass is 9.92. The smallest absolute Gasteiger partial charge is 0.261 e. The number of nitrogens with zero attached hydrogens (tertiary/aromatic N) is 5. The fourth-order valence-electron chi connectivity index (χ4n) is 9.43. The first-order valence-electron chi connectivity index (χ1n) is 23.6. The second kappa shape index (κ2) is 21.2. The Labute approximate surface area is 381 Å². The summed E-state index contributed by atoms with van der Waals surface area (Å²) in [5, 5.41) is 15.1. The summed E-state index contributed by atoms with van der Waals surface area (Å²) in [6, 6.07) is 37.7. The van der Waals surface area contributed by atoms with Crippen molar-refractivity contribution >= 4 is 49.8 Å². The molecule has 0 saturated carbocycles. The number of benzene rings is 6. The number of ether oxygens (including phenoxy) is 3. The number of unbranched alkanes of at least 4 members (excludes halogenated alkanes) is 7. The van der Waals surface area contributed by atoms with Crippen molar-refractivity contribution < 1.29 is 28.5 Å². The van der Waals surface area contributed by atoms with Gasteiger partial charge in [0.1, 0.15) is 25.9 Å². The van der Waals surface area contributed by atoms with Gasteiger partial charge in [-0.2, -0.15) is 0 Å². The zero-order valence-corrected chi connectivity index (χ0v) is 37.7. The monoisotopic (exact) mass is 873 g/mol. The molecule has 2 amide bonds. The van der Waals surface area contributed by atoms with Crippen molar-refractivity contribution in [2.24, 2.45) is 7.05 Å². The van der Waals surface area contributed by atoms with Crippen LogP contribution in [0.1, 0.15) is 88.9 Å². The lowest BCUT2D eigenvalue weighted by Gasteiger charge is -2.32. The Morgan fingerprint density at radius 3 is 2.06 bits per heavy atom. The van der Waals surface area contributed by atoms with Crippen molar-refractivity contribution in [1.29, 1.82) is 0 Å². The zero-order chi connectivity index (χ0) is 44.4. The first kappa shape index (κ1) is 44.1. The van der Waals surface area contributed by atoms with Crippen molar-refractivity contribution in [3.8, 4) is 5.75 Å². The van der Waals surface area contributed by atoms with Gasteiger partial charge in [-0.3, -0.25) is 14.5 Å². The van der Waals surface area contributed by atoms with Crippen molar-refractivity contribution in [3.05, 3.63) is 143 Å². The molecule has 0 atom stereocenters. The molecule has 2 aliphatic rings. The van der Waals surface area contributed by atoms with Crippen molar-refractivity contribution in [2.75, 3.05) is 51.0 Å². The maximum Gasteiger partial charge on any atom is 0.261 e. The van der Waals surface area contributed by atoms with Gasteiger partial charge in [0.2, 0.25) is 0 Å². The van der Waals surface area contributed by atoms with Crippen LogP contribution in [0.3, 0.4) is 0 Å². The van der Waals surface area contributed by atoms with Gasteiger partial charge in [0.15, 0.2) is 11.9 Å². The number of amides is 2. The van der Waals surface area contributed by atoms with Gasteiger partial charge in [0.25, 0.3) is 11.8 Å². The molecule has 11 nitrogen and oxygen atoms in total. The fourth-order valence-corrected chi connectivity index (χ4v) is 9.43. The fraction of sp³-hybridized carbons (Fsp3) is 0.370. The van der Waals surface area contributed by atoms with Crippen molar-refractivity contribution in [2.45, 2.75) is 77.6 Å². The molecular weight excluding hydrogens is 813 g/mol. The van der Waals surface area contributed by atoms with Crippen LogP contribution in [0.25, 0.3) is 32.3 Å². The van der Waals surface area contributed by atoms with Gasteiger partial charge >= 0.3 is 0 Å². The van der Waals surface area contributed by atoms with E-state index >= 15 is 0 Å². The molecule has 9 rings (SSSR count). The van der Waals surface area contributed by atoms with Crippen LogP contribution in [0.5, 0.6) is 5.75 Å². The molecule has 0 unspecified atom stereocenters. The maximum absolute atomic E-state index is 13.7. The topological polar surface area (TPSA) is 102 Å². The summed E-state index contributed by atoms with van der Waals surface area (Å²) in [6.07, 6.45) is 11.3. The molecule has 0 spiro atoms. The quantitative estimate of drug-likeness (QED) is 0.0312. The molecule has 65 heavy (non-hydrogen) atoms. The minimum absolute atomic E-state index is 0.231. The number of morpholine rings is 1. The normalized spacial score (nSPS) is 14.0. The number of imide groups is 1. The Bertz CT molecular complexity index is 2670. The van der Waals surface area contributed by atoms with Gasteiger partial charge in [-0.05, 0) is 81.9 Å². The van der Waals surface area contributed by atoms with Crippen LogP contribution in [0, 0.1) is 0 Å². The summed E-state index contributed by atoms with van der Waals surface area (Å²) in [4.78, 5) is 31.0. The number of carbonyl (C=O) groups is 2. The van der Waals surface area contributed by atoms with E-state index in [2.05, 4.69) is 94.3 Å². The third-order valence-electron chi connectivity index (χ3n) is 13.0. The highest BCUT2D eigenvalue weighted by Gasteiger charge is 2.34. The van der Waals surface area contributed by atoms with Crippen molar-refractivity contribution in [1.82, 2.24) is 20.1 Å². The average molecular weight is 874 g/mol. The molecule has 3 heterocycles. The number of anilines is 1. The van der Waals surface area contributed by atoms with Gasteiger partial charge in [-0.1, -0.05) is 111 Å². The third kappa shape index (κ3) is 10.4. The Morgan fingerprint density at radius 1 is 0.692 bits per heavy atom. The summed E-state index contributed by atoms with van der Waals surface area (Å²) in [6.45, 7) is 7.06. The van der Waals surface area contributed by atoms with Gasteiger partial charge in [0.05, 0.1) is 31.6 Å². The molecule has 7 aromatic rings. The summed E-state index contributed by atoms with van der Waals surface area (Å²) < 4.78 is 21.2. The molecule has 1 saturated heterocycles. The molecule has 336 valence electrons. The van der Waals surface area contributed by atoms with Gasteiger partial charge in [-0.25, -0.2) is 0 Å². The number of hydrogen-bond donors (Lipinski definition) is 1. The Morgan fingerprint density at radius 2 is 1.34 bits per heavy atom. The zero-order valence-electron chi connectivity index (χ0n) is 37.7. The first-order chi connectivity index (χ1) is 32.0. The molecule has 11 heteroatoms. The lowest BCUT2D eigenvalue weighted by molar-refractivity contribution is -0.754. The SMILES string of the molecule is Cn1n[n+](CCN2C(=O)c3cccc4c(N5CCOCC5)ccc(c34)C2=O)cc1COCCCCCCCCCCOc1ccc(CNCc2c3ccccc3cc3ccccc23)cc1. The number of carbonyl (C=O) groups excluding carboxylic acids is 2. The number of hydrogen-bond acceptors (Lipinski definition) is 8. The van der Waals surface area contributed by atoms with E-state index in [1.165, 1.54) is 69.7 Å². The van der Waals surface area contributed by atoms with Crippen LogP contribution in [0.15, 0.2) is 115 Å². The number of fused-ring (bicyclic) bond motifs is 2. The number of aryl methyl sites for hydroxylation is 1. The molecule has 0 bridgehead atoms. The Hall–Kier alpha value is -6.14. The van der Waals surface area contributed by atoms with Crippen LogP contribution in [-0.2, 0) is 42.8 Å². The first-order valence-corrected chi connectivity index (χ1v) is 23.6. The summed E-state index contributed by atoms with van der Waals surface area (Å²) >= 11 is 0. The molecule has 1 N–H and O–H groups in total. The lowest BCUT2D eigenvalue weighted by Crippen LogP contribution is -2.47. The van der Waals surface area contributed by atoms with Gasteiger partial charge < -0.3 is 24.4 Å². The number of nitrogens with one attached hydrogen (secondary N) is 1. The molecular formula is C54H61N6O5+. The van der Waals surface area contributed by atoms with E-state index in [0.29, 0.717) is 44.1 Å². The van der Waals surface area contributed by atoms with E-state index in [0.717, 1.165) is 80.0 Å². The van der Waals surface area contributed by atoms with Crippen molar-refractivity contribution in [3.63, 3.8) is 0 Å². The largest absolute Gasteiger partial charge is 0.494 e. The van der Waals surface area contributed by atoms with Crippen LogP contribution in [0.2, 0.25) is 0 Å². The van der Waals surface area contributed by atoms with E-state index in [1.54, 1.807) is 9.36 Å². The number of rotatable bonds is 22. The second-order valence-corrected chi connectivity index (χ2v) is 17.4. The average Bonchev–Trinajstić information content (AvgIpc) is 3.70. The van der Waals surface area contributed by atoms with Crippen LogP contribution >= 0.6 is 0 Å². The maximum atomic E-state index is 13.7. The molecule has 0 radical (unpaired) electrons. The van der Waals surface area contributed by atoms with E-state index in [-0.39, 0.29) is 18.4 Å². The van der Waals surface area contributed by atoms with Crippen LogP contribution in [0.4, 0.5) is 5.69 Å². The highest BCUT2D eigenvalue weighted by Crippen LogP contribution is 2.36. The van der Waals surface area contributed by atoms with E-state index in [4.69, 9.17) is 14.2 Å². The molecule has 1 fully saturated rings. The third-order valence-corrected chi connectivity index (χ3v) is 13.0. The van der Waals surface area contributed by atoms with Crippen LogP contribution in [-0.4, -0.2) is 72.7 Å². The highest BCUT2D eigenvalue weighted by atomic mass is 16.5. The summed E-state index contributed by atoms with van der Waals surface area (Å²) in [7, 11) is 1.90. The number of aromatic nitrogens is 3. The molecule has 6 aromatic carbocycles. The standard InChI is InChI=1S/C54H61N6O5/c1-57-43(38-59(56-57)27-28-60-53(61)48-20-14-19-47-51(58-29-33-63-34-30-58)26-25-49(52(47)48)54(60)62)39-64-31-12-6-4-2-3-5-7-13-32-65-44-23-21-40(22-24-44)36-55-37-50-45-17-10-8-15-41(45)35-42-16-9-11-18-46(42)50/h8-11,14-26,35,38,55H,2-7,12-13,27-34,36-37,39H2,1H3/q+1. The summed E-state index contributed by atoms with van der Waals surface area (Å²) in [5.41, 5.74) is 5.72. The van der Waals surface area contributed by atoms with Gasteiger partial charge in [0, 0.05) is 60.4 Å². The Balaban J connectivity index is 0.615. The minimum Gasteiger partial charge on any atom is -0.494 e. The minimum atomic E-state index is -0.262. The van der Waals surface area contributed by atoms with E-state index in [1.807, 2.05) is 43.6 Å². The predicted molar refractivity (Wildman–Crippen MR) is 256 cm³/mol. The van der Waals surface area contributed by atoms with E-state index in [9.17, 15) is 9.59 Å². The van der Waals surface area contributed by atoms with Crippen LogP contribution < -0.4 is 19.6 Å². The van der Waals surface area contributed by atoms with Gasteiger partial charge in [-0.15, -0.1) is 9.36 Å². The predicted octanol–water partition coefficient (Wildman–Crippen LogP) is 9.31. The molecule has 2 aliphatic heterocycles. The molecule has 1 aromatic heterocycles.